The summed E-state index contributed by atoms with van der Waals surface area (Å²) >= 11 is 0. The lowest BCUT2D eigenvalue weighted by Gasteiger charge is -2.28. The van der Waals surface area contributed by atoms with Gasteiger partial charge in [-0.3, -0.25) is 0 Å². The van der Waals surface area contributed by atoms with E-state index in [2.05, 4.69) is 0 Å². The van der Waals surface area contributed by atoms with Gasteiger partial charge in [0.2, 0.25) is 0 Å². The molecule has 0 aliphatic heterocycles. The Morgan fingerprint density at radius 2 is 1.82 bits per heavy atom. The van der Waals surface area contributed by atoms with Crippen molar-refractivity contribution >= 4 is 0 Å². The van der Waals surface area contributed by atoms with Crippen molar-refractivity contribution in [3.8, 4) is 5.75 Å². The fourth-order valence-electron chi connectivity index (χ4n) is 2.63. The average molecular weight is 238 g/mol. The Bertz CT molecular complexity index is 382. The zero-order chi connectivity index (χ0) is 12.3. The third-order valence-electron chi connectivity index (χ3n) is 3.59. The number of methoxy groups -OCH3 is 1. The van der Waals surface area contributed by atoms with Crippen LogP contribution in [0.2, 0.25) is 0 Å². The molecule has 1 aliphatic rings. The molecule has 0 heterocycles. The van der Waals surface area contributed by atoms with E-state index in [9.17, 15) is 9.50 Å². The summed E-state index contributed by atoms with van der Waals surface area (Å²) in [6.45, 7) is 0. The summed E-state index contributed by atoms with van der Waals surface area (Å²) in [5, 5.41) is 10.7. The number of ether oxygens (including phenoxy) is 1. The second kappa shape index (κ2) is 5.05. The highest BCUT2D eigenvalue weighted by Crippen LogP contribution is 2.40. The second-order valence-corrected chi connectivity index (χ2v) is 4.79. The fraction of sp³-hybridized carbons (Fsp3) is 0.571. The van der Waals surface area contributed by atoms with Gasteiger partial charge in [-0.15, -0.1) is 0 Å². The first-order valence-electron chi connectivity index (χ1n) is 6.22. The largest absolute Gasteiger partial charge is 0.496 e. The molecular formula is C14H19FO2. The Labute approximate surface area is 101 Å². The van der Waals surface area contributed by atoms with Gasteiger partial charge in [0, 0.05) is 5.56 Å². The Balaban J connectivity index is 2.38. The maximum Gasteiger partial charge on any atom is 0.125 e. The molecule has 3 heteroatoms. The maximum atomic E-state index is 13.3. The third kappa shape index (κ3) is 2.60. The van der Waals surface area contributed by atoms with Gasteiger partial charge in [-0.2, -0.15) is 0 Å². The van der Waals surface area contributed by atoms with Crippen LogP contribution in [0.25, 0.3) is 0 Å². The minimum atomic E-state index is -0.927. The van der Waals surface area contributed by atoms with Crippen molar-refractivity contribution in [3.05, 3.63) is 29.6 Å². The SMILES string of the molecule is COc1ccc(F)cc1C1(O)CCCCCC1. The number of benzene rings is 1. The van der Waals surface area contributed by atoms with Crippen molar-refractivity contribution in [2.75, 3.05) is 7.11 Å². The molecule has 0 saturated heterocycles. The number of halogens is 1. The molecule has 2 nitrogen and oxygen atoms in total. The summed E-state index contributed by atoms with van der Waals surface area (Å²) in [6.07, 6.45) is 5.62. The fourth-order valence-corrected chi connectivity index (χ4v) is 2.63. The van der Waals surface area contributed by atoms with Crippen LogP contribution in [0, 0.1) is 5.82 Å². The predicted molar refractivity (Wildman–Crippen MR) is 64.6 cm³/mol. The minimum Gasteiger partial charge on any atom is -0.496 e. The molecule has 0 spiro atoms. The van der Waals surface area contributed by atoms with Gasteiger partial charge < -0.3 is 9.84 Å². The highest BCUT2D eigenvalue weighted by molar-refractivity contribution is 5.38. The standard InChI is InChI=1S/C14H19FO2/c1-17-13-7-6-11(15)10-12(13)14(16)8-4-2-3-5-9-14/h6-7,10,16H,2-5,8-9H2,1H3. The van der Waals surface area contributed by atoms with Gasteiger partial charge in [0.1, 0.15) is 11.6 Å². The first kappa shape index (κ1) is 12.4. The van der Waals surface area contributed by atoms with Gasteiger partial charge in [0.25, 0.3) is 0 Å². The zero-order valence-corrected chi connectivity index (χ0v) is 10.2. The lowest BCUT2D eigenvalue weighted by atomic mass is 9.86. The monoisotopic (exact) mass is 238 g/mol. The van der Waals surface area contributed by atoms with Crippen LogP contribution in [0.4, 0.5) is 4.39 Å². The van der Waals surface area contributed by atoms with Crippen LogP contribution in [0.1, 0.15) is 44.1 Å². The van der Waals surface area contributed by atoms with E-state index in [4.69, 9.17) is 4.74 Å². The molecule has 2 rings (SSSR count). The van der Waals surface area contributed by atoms with Gasteiger partial charge >= 0.3 is 0 Å². The molecular weight excluding hydrogens is 219 g/mol. The molecule has 0 bridgehead atoms. The molecule has 17 heavy (non-hydrogen) atoms. The van der Waals surface area contributed by atoms with E-state index in [1.807, 2.05) is 0 Å². The Morgan fingerprint density at radius 1 is 1.18 bits per heavy atom. The van der Waals surface area contributed by atoms with Crippen LogP contribution in [-0.2, 0) is 5.60 Å². The highest BCUT2D eigenvalue weighted by Gasteiger charge is 2.33. The molecule has 1 aromatic carbocycles. The molecule has 1 aromatic rings. The van der Waals surface area contributed by atoms with Gasteiger partial charge in [-0.25, -0.2) is 4.39 Å². The minimum absolute atomic E-state index is 0.321. The van der Waals surface area contributed by atoms with Crippen LogP contribution < -0.4 is 4.74 Å². The van der Waals surface area contributed by atoms with Gasteiger partial charge in [0.05, 0.1) is 12.7 Å². The molecule has 94 valence electrons. The highest BCUT2D eigenvalue weighted by atomic mass is 19.1. The van der Waals surface area contributed by atoms with Crippen molar-refractivity contribution in [2.24, 2.45) is 0 Å². The summed E-state index contributed by atoms with van der Waals surface area (Å²) in [5.41, 5.74) is -0.328. The number of rotatable bonds is 2. The topological polar surface area (TPSA) is 29.5 Å². The Morgan fingerprint density at radius 3 is 2.41 bits per heavy atom. The number of hydrogen-bond acceptors (Lipinski definition) is 2. The van der Waals surface area contributed by atoms with E-state index in [1.54, 1.807) is 13.2 Å². The van der Waals surface area contributed by atoms with Crippen LogP contribution in [0.3, 0.4) is 0 Å². The first-order chi connectivity index (χ1) is 8.15. The van der Waals surface area contributed by atoms with E-state index >= 15 is 0 Å². The average Bonchev–Trinajstić information content (AvgIpc) is 2.55. The van der Waals surface area contributed by atoms with E-state index in [-0.39, 0.29) is 5.82 Å². The molecule has 0 unspecified atom stereocenters. The van der Waals surface area contributed by atoms with Crippen molar-refractivity contribution in [3.63, 3.8) is 0 Å². The molecule has 1 N–H and O–H groups in total. The first-order valence-corrected chi connectivity index (χ1v) is 6.22. The second-order valence-electron chi connectivity index (χ2n) is 4.79. The zero-order valence-electron chi connectivity index (χ0n) is 10.2. The van der Waals surface area contributed by atoms with E-state index < -0.39 is 5.60 Å². The van der Waals surface area contributed by atoms with Gasteiger partial charge in [-0.1, -0.05) is 25.7 Å². The molecule has 0 radical (unpaired) electrons. The normalized spacial score (nSPS) is 19.7. The number of aliphatic hydroxyl groups is 1. The molecule has 0 aromatic heterocycles. The third-order valence-corrected chi connectivity index (χ3v) is 3.59. The van der Waals surface area contributed by atoms with Crippen molar-refractivity contribution in [2.45, 2.75) is 44.1 Å². The predicted octanol–water partition coefficient (Wildman–Crippen LogP) is 3.38. The molecule has 1 saturated carbocycles. The van der Waals surface area contributed by atoms with E-state index in [1.165, 1.54) is 12.1 Å². The van der Waals surface area contributed by atoms with Crippen LogP contribution in [0.5, 0.6) is 5.75 Å². The Hall–Kier alpha value is -1.09. The van der Waals surface area contributed by atoms with E-state index in [0.717, 1.165) is 25.7 Å². The van der Waals surface area contributed by atoms with Gasteiger partial charge in [-0.05, 0) is 31.0 Å². The van der Waals surface area contributed by atoms with Crippen molar-refractivity contribution < 1.29 is 14.2 Å². The van der Waals surface area contributed by atoms with Crippen LogP contribution >= 0.6 is 0 Å². The smallest absolute Gasteiger partial charge is 0.125 e. The summed E-state index contributed by atoms with van der Waals surface area (Å²) in [6, 6.07) is 4.36. The van der Waals surface area contributed by atoms with Crippen molar-refractivity contribution in [1.82, 2.24) is 0 Å². The lowest BCUT2D eigenvalue weighted by molar-refractivity contribution is 0.0182. The molecule has 1 aliphatic carbocycles. The summed E-state index contributed by atoms with van der Waals surface area (Å²) in [5.74, 6) is 0.259. The molecule has 0 atom stereocenters. The maximum absolute atomic E-state index is 13.3. The quantitative estimate of drug-likeness (QED) is 0.800. The van der Waals surface area contributed by atoms with Crippen LogP contribution in [-0.4, -0.2) is 12.2 Å². The number of hydrogen-bond donors (Lipinski definition) is 1. The summed E-state index contributed by atoms with van der Waals surface area (Å²) in [4.78, 5) is 0. The van der Waals surface area contributed by atoms with Crippen molar-refractivity contribution in [1.29, 1.82) is 0 Å². The van der Waals surface area contributed by atoms with Crippen LogP contribution in [0.15, 0.2) is 18.2 Å². The molecule has 1 fully saturated rings. The molecule has 0 amide bonds. The van der Waals surface area contributed by atoms with E-state index in [0.29, 0.717) is 24.2 Å². The summed E-state index contributed by atoms with van der Waals surface area (Å²) < 4.78 is 18.6. The Kier molecular flexibility index (Phi) is 3.67. The summed E-state index contributed by atoms with van der Waals surface area (Å²) in [7, 11) is 1.55. The van der Waals surface area contributed by atoms with Gasteiger partial charge in [0.15, 0.2) is 0 Å². The lowest BCUT2D eigenvalue weighted by Crippen LogP contribution is -2.25.